The van der Waals surface area contributed by atoms with Gasteiger partial charge in [-0.2, -0.15) is 23.3 Å². The van der Waals surface area contributed by atoms with Gasteiger partial charge in [0.2, 0.25) is 0 Å². The monoisotopic (exact) mass is 500 g/mol. The van der Waals surface area contributed by atoms with Gasteiger partial charge in [0, 0.05) is 0 Å². The van der Waals surface area contributed by atoms with Gasteiger partial charge in [-0.15, -0.1) is 40.6 Å². The SMILES string of the molecule is Cc1[cH-]c2ccccc2c1C.Cc1c[cH-]c(C)c1.[CH3][Ge]([CH3])=[Zr]([Cl])[Cl]. The van der Waals surface area contributed by atoms with Crippen molar-refractivity contribution in [3.05, 3.63) is 70.8 Å². The first-order chi connectivity index (χ1) is 11.2. The molecule has 0 nitrogen and oxygen atoms in total. The maximum absolute atomic E-state index is 5.65. The van der Waals surface area contributed by atoms with Crippen LogP contribution in [0.5, 0.6) is 0 Å². The van der Waals surface area contributed by atoms with Crippen molar-refractivity contribution in [3.63, 3.8) is 0 Å². The normalized spacial score (nSPS) is 9.67. The molecule has 130 valence electrons. The zero-order valence-corrected chi connectivity index (χ0v) is 21.4. The molecule has 0 aromatic heterocycles. The summed E-state index contributed by atoms with van der Waals surface area (Å²) in [5, 5.41) is 2.76. The molecule has 4 heteroatoms. The van der Waals surface area contributed by atoms with Crippen LogP contribution in [0.1, 0.15) is 22.3 Å². The predicted molar refractivity (Wildman–Crippen MR) is 110 cm³/mol. The van der Waals surface area contributed by atoms with Crippen LogP contribution in [-0.4, -0.2) is 9.98 Å². The summed E-state index contributed by atoms with van der Waals surface area (Å²) in [5.74, 6) is 4.46. The van der Waals surface area contributed by atoms with Crippen LogP contribution in [0.15, 0.2) is 48.5 Å². The Bertz CT molecular complexity index is 778. The Hall–Kier alpha value is 0.186. The van der Waals surface area contributed by atoms with E-state index in [-0.39, 0.29) is 0 Å². The van der Waals surface area contributed by atoms with Crippen LogP contribution in [-0.2, 0) is 16.2 Å². The van der Waals surface area contributed by atoms with Gasteiger partial charge in [0.05, 0.1) is 0 Å². The molecule has 0 amide bonds. The number of halogens is 2. The Morgan fingerprint density at radius 1 is 1.00 bits per heavy atom. The number of fused-ring (bicyclic) bond motifs is 1. The van der Waals surface area contributed by atoms with E-state index in [9.17, 15) is 0 Å². The van der Waals surface area contributed by atoms with Crippen LogP contribution >= 0.6 is 17.0 Å². The van der Waals surface area contributed by atoms with Crippen LogP contribution in [0.4, 0.5) is 0 Å². The van der Waals surface area contributed by atoms with Gasteiger partial charge >= 0.3 is 54.8 Å². The molecule has 0 saturated heterocycles. The number of rotatable bonds is 0. The molecule has 0 saturated carbocycles. The van der Waals surface area contributed by atoms with Crippen molar-refractivity contribution in [2.75, 3.05) is 0 Å². The van der Waals surface area contributed by atoms with Gasteiger partial charge in [0.25, 0.3) is 0 Å². The second-order valence-electron chi connectivity index (χ2n) is 6.27. The van der Waals surface area contributed by atoms with Gasteiger partial charge in [0.15, 0.2) is 0 Å². The summed E-state index contributed by atoms with van der Waals surface area (Å²) >= 11 is -1.59. The Labute approximate surface area is 162 Å². The number of hydrogen-bond donors (Lipinski definition) is 0. The quantitative estimate of drug-likeness (QED) is 0.223. The Morgan fingerprint density at radius 3 is 1.96 bits per heavy atom. The topological polar surface area (TPSA) is 0 Å². The van der Waals surface area contributed by atoms with Gasteiger partial charge in [-0.1, -0.05) is 33.8 Å². The molecular formula is C20H26Cl2GeZr-2. The van der Waals surface area contributed by atoms with Crippen molar-refractivity contribution in [2.24, 2.45) is 0 Å². The summed E-state index contributed by atoms with van der Waals surface area (Å²) < 4.78 is 0. The molecule has 0 aliphatic heterocycles. The van der Waals surface area contributed by atoms with E-state index in [1.54, 1.807) is 0 Å². The first kappa shape index (κ1) is 22.2. The van der Waals surface area contributed by atoms with Gasteiger partial charge in [0.1, 0.15) is 0 Å². The van der Waals surface area contributed by atoms with Crippen molar-refractivity contribution in [3.8, 4) is 0 Å². The van der Waals surface area contributed by atoms with Crippen molar-refractivity contribution >= 4 is 37.8 Å². The Balaban J connectivity index is 0.000000194. The van der Waals surface area contributed by atoms with Crippen molar-refractivity contribution < 1.29 is 16.2 Å². The zero-order valence-electron chi connectivity index (χ0n) is 15.4. The molecular weight excluding hydrogens is 475 g/mol. The molecule has 0 fully saturated rings. The van der Waals surface area contributed by atoms with Gasteiger partial charge < -0.3 is 0 Å². The van der Waals surface area contributed by atoms with E-state index in [1.807, 2.05) is 0 Å². The summed E-state index contributed by atoms with van der Waals surface area (Å²) in [4.78, 5) is 0. The molecule has 0 radical (unpaired) electrons. The van der Waals surface area contributed by atoms with Gasteiger partial charge in [-0.25, -0.2) is 11.6 Å². The van der Waals surface area contributed by atoms with Gasteiger partial charge in [-0.3, -0.25) is 0 Å². The van der Waals surface area contributed by atoms with Crippen molar-refractivity contribution in [1.82, 2.24) is 0 Å². The third-order valence-electron chi connectivity index (χ3n) is 3.77. The number of aryl methyl sites for hydroxylation is 4. The van der Waals surface area contributed by atoms with E-state index in [0.29, 0.717) is 0 Å². The molecule has 3 rings (SSSR count). The first-order valence-corrected chi connectivity index (χ1v) is 26.0. The second kappa shape index (κ2) is 11.0. The molecule has 0 aliphatic rings. The fraction of sp³-hybridized carbons (Fsp3) is 0.300. The van der Waals surface area contributed by atoms with Crippen molar-refractivity contribution in [2.45, 2.75) is 39.2 Å². The van der Waals surface area contributed by atoms with Crippen LogP contribution in [0.25, 0.3) is 10.8 Å². The standard InChI is InChI=1S/C11H11.C7H9.C2H6Ge.2ClH.Zr/c1-8-7-10-5-3-4-6-11(10)9(8)2;1-6-3-4-7(2)5-6;1-3-2;;;/h3-7H,1-2H3;3-5H,1-2H3;1-2H3;2*1H;/q2*-1;;;;+2/p-2. The van der Waals surface area contributed by atoms with E-state index >= 15 is 0 Å². The summed E-state index contributed by atoms with van der Waals surface area (Å²) in [5.41, 5.74) is 5.53. The molecule has 0 unspecified atom stereocenters. The van der Waals surface area contributed by atoms with Crippen molar-refractivity contribution in [1.29, 1.82) is 0 Å². The van der Waals surface area contributed by atoms with Gasteiger partial charge in [-0.05, 0) is 0 Å². The van der Waals surface area contributed by atoms with E-state index in [2.05, 4.69) is 87.7 Å². The molecule has 0 N–H and O–H groups in total. The van der Waals surface area contributed by atoms with E-state index < -0.39 is 26.2 Å². The van der Waals surface area contributed by atoms with E-state index in [4.69, 9.17) is 17.0 Å². The molecule has 0 spiro atoms. The van der Waals surface area contributed by atoms with Crippen LogP contribution < -0.4 is 0 Å². The Kier molecular flexibility index (Phi) is 10.2. The fourth-order valence-corrected chi connectivity index (χ4v) is 2.24. The summed E-state index contributed by atoms with van der Waals surface area (Å²) in [6, 6.07) is 17.2. The Morgan fingerprint density at radius 2 is 1.58 bits per heavy atom. The molecule has 3 aromatic rings. The van der Waals surface area contributed by atoms with Crippen LogP contribution in [0.2, 0.25) is 11.5 Å². The molecule has 0 atom stereocenters. The summed E-state index contributed by atoms with van der Waals surface area (Å²) in [7, 11) is 10.6. The molecule has 24 heavy (non-hydrogen) atoms. The zero-order chi connectivity index (χ0) is 18.3. The first-order valence-electron chi connectivity index (χ1n) is 8.02. The summed E-state index contributed by atoms with van der Waals surface area (Å²) in [6.07, 6.45) is 0. The molecule has 3 aromatic carbocycles. The van der Waals surface area contributed by atoms with E-state index in [1.165, 1.54) is 33.0 Å². The third kappa shape index (κ3) is 7.60. The maximum atomic E-state index is 5.65. The van der Waals surface area contributed by atoms with Crippen LogP contribution in [0.3, 0.4) is 0 Å². The summed E-state index contributed by atoms with van der Waals surface area (Å²) in [6.45, 7) is 8.55. The minimum atomic E-state index is -1.59. The van der Waals surface area contributed by atoms with Crippen LogP contribution in [0, 0.1) is 27.7 Å². The molecule has 0 heterocycles. The minimum absolute atomic E-state index is 0.735. The number of benzene rings is 1. The van der Waals surface area contributed by atoms with E-state index in [0.717, 1.165) is 0 Å². The predicted octanol–water partition coefficient (Wildman–Crippen LogP) is 7.36. The fourth-order valence-electron chi connectivity index (χ4n) is 2.24. The third-order valence-corrected chi connectivity index (χ3v) is 38.2. The number of hydrogen-bond acceptors (Lipinski definition) is 0. The average Bonchev–Trinajstić information content (AvgIpc) is 3.04. The average molecular weight is 501 g/mol. The second-order valence-corrected chi connectivity index (χ2v) is 44.2. The molecule has 0 bridgehead atoms. The molecule has 0 aliphatic carbocycles.